The molecule has 0 aliphatic carbocycles. The molecule has 0 saturated heterocycles. The molecular formula is C17H16FN5O2. The maximum absolute atomic E-state index is 13.9. The first kappa shape index (κ1) is 16.5. The summed E-state index contributed by atoms with van der Waals surface area (Å²) in [5.74, 6) is 0.123. The molecule has 0 saturated carbocycles. The van der Waals surface area contributed by atoms with Crippen molar-refractivity contribution in [3.8, 4) is 17.8 Å². The minimum Gasteiger partial charge on any atom is -0.486 e. The van der Waals surface area contributed by atoms with Crippen LogP contribution in [0.1, 0.15) is 11.1 Å². The number of fused-ring (bicyclic) bond motifs is 4. The predicted molar refractivity (Wildman–Crippen MR) is 89.8 cm³/mol. The van der Waals surface area contributed by atoms with Gasteiger partial charge in [-0.25, -0.2) is 4.39 Å². The minimum atomic E-state index is -0.436. The Kier molecular flexibility index (Phi) is 4.66. The van der Waals surface area contributed by atoms with Gasteiger partial charge in [0.25, 0.3) is 0 Å². The Morgan fingerprint density at radius 2 is 2.00 bits per heavy atom. The minimum absolute atomic E-state index is 0.0496. The number of halogens is 1. The molecule has 2 N–H and O–H groups in total. The zero-order valence-corrected chi connectivity index (χ0v) is 13.6. The standard InChI is InChI=1S/C17H16FN5O2/c1-23-10-11-4-5-13(18)14(8-11)24-6-2-3-7-25-17-21-15(20)12(9-19)16(23)22-17/h2-5,8H,6-7,10H2,1H3,(H2,20,21,22). The normalized spacial score (nSPS) is 14.0. The highest BCUT2D eigenvalue weighted by molar-refractivity contribution is 5.64. The number of nitrogen functional groups attached to an aromatic ring is 1. The van der Waals surface area contributed by atoms with Crippen LogP contribution in [0.25, 0.3) is 0 Å². The molecule has 1 aliphatic rings. The van der Waals surface area contributed by atoms with E-state index in [4.69, 9.17) is 15.2 Å². The van der Waals surface area contributed by atoms with E-state index >= 15 is 0 Å². The Balaban J connectivity index is 2.05. The van der Waals surface area contributed by atoms with Crippen LogP contribution < -0.4 is 20.1 Å². The van der Waals surface area contributed by atoms with Gasteiger partial charge in [0.2, 0.25) is 0 Å². The summed E-state index contributed by atoms with van der Waals surface area (Å²) in [5, 5.41) is 9.35. The molecule has 2 heterocycles. The molecule has 3 rings (SSSR count). The van der Waals surface area contributed by atoms with Gasteiger partial charge in [-0.15, -0.1) is 0 Å². The third-order valence-electron chi connectivity index (χ3n) is 3.60. The summed E-state index contributed by atoms with van der Waals surface area (Å²) >= 11 is 0. The van der Waals surface area contributed by atoms with Gasteiger partial charge in [-0.05, 0) is 29.8 Å². The number of benzene rings is 1. The van der Waals surface area contributed by atoms with E-state index in [0.29, 0.717) is 12.4 Å². The van der Waals surface area contributed by atoms with Crippen LogP contribution in [0, 0.1) is 17.1 Å². The van der Waals surface area contributed by atoms with E-state index in [1.54, 1.807) is 36.2 Å². The summed E-state index contributed by atoms with van der Waals surface area (Å²) in [6.07, 6.45) is 3.41. The first-order chi connectivity index (χ1) is 12.1. The Morgan fingerprint density at radius 1 is 1.24 bits per heavy atom. The highest BCUT2D eigenvalue weighted by Gasteiger charge is 2.17. The summed E-state index contributed by atoms with van der Waals surface area (Å²) in [4.78, 5) is 10.0. The number of nitriles is 1. The molecule has 0 radical (unpaired) electrons. The van der Waals surface area contributed by atoms with Crippen LogP contribution in [-0.4, -0.2) is 30.2 Å². The third kappa shape index (κ3) is 3.61. The van der Waals surface area contributed by atoms with Crippen molar-refractivity contribution in [2.45, 2.75) is 6.54 Å². The average molecular weight is 341 g/mol. The van der Waals surface area contributed by atoms with Crippen LogP contribution in [0.3, 0.4) is 0 Å². The van der Waals surface area contributed by atoms with E-state index < -0.39 is 5.82 Å². The number of rotatable bonds is 0. The molecule has 128 valence electrons. The molecule has 0 atom stereocenters. The largest absolute Gasteiger partial charge is 0.486 e. The van der Waals surface area contributed by atoms with Gasteiger partial charge in [0.15, 0.2) is 23.2 Å². The van der Waals surface area contributed by atoms with E-state index in [9.17, 15) is 9.65 Å². The Labute approximate surface area is 144 Å². The smallest absolute Gasteiger partial charge is 0.320 e. The Bertz CT molecular complexity index is 863. The first-order valence-electron chi connectivity index (χ1n) is 7.56. The molecule has 1 aliphatic heterocycles. The molecule has 8 heteroatoms. The fourth-order valence-corrected chi connectivity index (χ4v) is 2.40. The van der Waals surface area contributed by atoms with Gasteiger partial charge in [-0.2, -0.15) is 15.2 Å². The zero-order chi connectivity index (χ0) is 17.8. The Hall–Kier alpha value is -3.34. The van der Waals surface area contributed by atoms with Gasteiger partial charge in [-0.3, -0.25) is 0 Å². The van der Waals surface area contributed by atoms with Crippen LogP contribution in [-0.2, 0) is 6.54 Å². The van der Waals surface area contributed by atoms with Gasteiger partial charge < -0.3 is 20.1 Å². The number of aromatic nitrogens is 2. The maximum Gasteiger partial charge on any atom is 0.320 e. The van der Waals surface area contributed by atoms with Crippen LogP contribution in [0.4, 0.5) is 16.0 Å². The monoisotopic (exact) mass is 341 g/mol. The van der Waals surface area contributed by atoms with Crippen LogP contribution >= 0.6 is 0 Å². The molecular weight excluding hydrogens is 325 g/mol. The van der Waals surface area contributed by atoms with Crippen LogP contribution in [0.5, 0.6) is 11.8 Å². The third-order valence-corrected chi connectivity index (χ3v) is 3.60. The van der Waals surface area contributed by atoms with Crippen molar-refractivity contribution in [1.29, 1.82) is 5.26 Å². The number of nitrogens with two attached hydrogens (primary N) is 1. The molecule has 2 aromatic rings. The van der Waals surface area contributed by atoms with E-state index in [0.717, 1.165) is 5.56 Å². The maximum atomic E-state index is 13.9. The summed E-state index contributed by atoms with van der Waals surface area (Å²) in [5.41, 5.74) is 6.81. The average Bonchev–Trinajstić information content (AvgIpc) is 2.59. The van der Waals surface area contributed by atoms with Crippen molar-refractivity contribution in [2.24, 2.45) is 0 Å². The van der Waals surface area contributed by atoms with Gasteiger partial charge in [0.05, 0.1) is 0 Å². The topological polar surface area (TPSA) is 97.3 Å². The van der Waals surface area contributed by atoms with Gasteiger partial charge >= 0.3 is 6.01 Å². The SMILES string of the molecule is CN1Cc2ccc(F)c(c2)OCC=CCOc2nc(N)c(C#N)c1n2. The van der Waals surface area contributed by atoms with Crippen molar-refractivity contribution in [3.63, 3.8) is 0 Å². The van der Waals surface area contributed by atoms with Crippen molar-refractivity contribution in [1.82, 2.24) is 9.97 Å². The number of nitrogens with zero attached hydrogens (tertiary/aromatic N) is 4. The fourth-order valence-electron chi connectivity index (χ4n) is 2.40. The molecule has 4 bridgehead atoms. The second-order valence-electron chi connectivity index (χ2n) is 5.42. The van der Waals surface area contributed by atoms with Crippen molar-refractivity contribution >= 4 is 11.6 Å². The molecule has 25 heavy (non-hydrogen) atoms. The lowest BCUT2D eigenvalue weighted by Crippen LogP contribution is -2.21. The Morgan fingerprint density at radius 3 is 2.76 bits per heavy atom. The van der Waals surface area contributed by atoms with Crippen LogP contribution in [0.15, 0.2) is 30.4 Å². The number of anilines is 2. The van der Waals surface area contributed by atoms with Crippen molar-refractivity contribution in [3.05, 3.63) is 47.3 Å². The second-order valence-corrected chi connectivity index (χ2v) is 5.42. The number of hydrogen-bond acceptors (Lipinski definition) is 7. The van der Waals surface area contributed by atoms with E-state index in [2.05, 4.69) is 9.97 Å². The highest BCUT2D eigenvalue weighted by atomic mass is 19.1. The lowest BCUT2D eigenvalue weighted by atomic mass is 10.2. The molecule has 0 fully saturated rings. The predicted octanol–water partition coefficient (Wildman–Crippen LogP) is 2.03. The van der Waals surface area contributed by atoms with E-state index in [-0.39, 0.29) is 36.4 Å². The van der Waals surface area contributed by atoms with E-state index in [1.165, 1.54) is 6.07 Å². The van der Waals surface area contributed by atoms with Crippen molar-refractivity contribution < 1.29 is 13.9 Å². The lowest BCUT2D eigenvalue weighted by Gasteiger charge is -2.21. The quantitative estimate of drug-likeness (QED) is 0.732. The molecule has 0 spiro atoms. The summed E-state index contributed by atoms with van der Waals surface area (Å²) in [7, 11) is 1.75. The van der Waals surface area contributed by atoms with Gasteiger partial charge in [0, 0.05) is 13.6 Å². The van der Waals surface area contributed by atoms with E-state index in [1.807, 2.05) is 6.07 Å². The molecule has 0 unspecified atom stereocenters. The molecule has 7 nitrogen and oxygen atoms in total. The van der Waals surface area contributed by atoms with Crippen LogP contribution in [0.2, 0.25) is 0 Å². The van der Waals surface area contributed by atoms with Gasteiger partial charge in [-0.1, -0.05) is 6.07 Å². The number of hydrogen-bond donors (Lipinski definition) is 1. The molecule has 0 amide bonds. The molecule has 1 aromatic carbocycles. The van der Waals surface area contributed by atoms with Gasteiger partial charge in [0.1, 0.15) is 24.8 Å². The van der Waals surface area contributed by atoms with Crippen molar-refractivity contribution in [2.75, 3.05) is 30.9 Å². The summed E-state index contributed by atoms with van der Waals surface area (Å²) in [6.45, 7) is 0.776. The zero-order valence-electron chi connectivity index (χ0n) is 13.6. The fraction of sp³-hybridized carbons (Fsp3) is 0.235. The summed E-state index contributed by atoms with van der Waals surface area (Å²) in [6, 6.07) is 6.72. The lowest BCUT2D eigenvalue weighted by molar-refractivity contribution is 0.325. The number of ether oxygens (including phenoxy) is 2. The first-order valence-corrected chi connectivity index (χ1v) is 7.56. The second kappa shape index (κ2) is 7.05. The molecule has 1 aromatic heterocycles. The summed E-state index contributed by atoms with van der Waals surface area (Å²) < 4.78 is 24.7. The highest BCUT2D eigenvalue weighted by Crippen LogP contribution is 2.26.